The van der Waals surface area contributed by atoms with Gasteiger partial charge in [-0.15, -0.1) is 0 Å². The monoisotopic (exact) mass is 262 g/mol. The first kappa shape index (κ1) is 16.0. The SMILES string of the molecule is Cc1cc(C(C)(C)C)ccc1NCCCC(C)(C)N. The Balaban J connectivity index is 2.57. The number of rotatable bonds is 5. The zero-order valence-corrected chi connectivity index (χ0v) is 13.4. The molecule has 0 aromatic heterocycles. The first-order chi connectivity index (χ1) is 8.59. The average molecular weight is 262 g/mol. The Bertz CT molecular complexity index is 408. The highest BCUT2D eigenvalue weighted by molar-refractivity contribution is 5.52. The van der Waals surface area contributed by atoms with Crippen LogP contribution in [0.5, 0.6) is 0 Å². The maximum atomic E-state index is 5.98. The standard InChI is InChI=1S/C17H30N2/c1-13-12-14(16(2,3)4)8-9-15(13)19-11-7-10-17(5,6)18/h8-9,12,19H,7,10-11,18H2,1-6H3. The zero-order valence-electron chi connectivity index (χ0n) is 13.4. The van der Waals surface area contributed by atoms with Gasteiger partial charge in [-0.25, -0.2) is 0 Å². The van der Waals surface area contributed by atoms with E-state index in [4.69, 9.17) is 5.73 Å². The highest BCUT2D eigenvalue weighted by Crippen LogP contribution is 2.26. The summed E-state index contributed by atoms with van der Waals surface area (Å²) in [5, 5.41) is 3.51. The molecule has 1 rings (SSSR count). The lowest BCUT2D eigenvalue weighted by molar-refractivity contribution is 0.465. The van der Waals surface area contributed by atoms with E-state index in [1.165, 1.54) is 16.8 Å². The topological polar surface area (TPSA) is 38.0 Å². The summed E-state index contributed by atoms with van der Waals surface area (Å²) in [5.41, 5.74) is 10.1. The van der Waals surface area contributed by atoms with Crippen LogP contribution in [0.15, 0.2) is 18.2 Å². The number of nitrogens with two attached hydrogens (primary N) is 1. The minimum absolute atomic E-state index is 0.0627. The number of hydrogen-bond donors (Lipinski definition) is 2. The summed E-state index contributed by atoms with van der Waals surface area (Å²) in [6, 6.07) is 6.71. The van der Waals surface area contributed by atoms with Gasteiger partial charge < -0.3 is 11.1 Å². The van der Waals surface area contributed by atoms with Crippen molar-refractivity contribution in [3.8, 4) is 0 Å². The Labute approximate surface area is 118 Å². The first-order valence-electron chi connectivity index (χ1n) is 7.23. The van der Waals surface area contributed by atoms with Gasteiger partial charge in [0, 0.05) is 17.8 Å². The van der Waals surface area contributed by atoms with Gasteiger partial charge in [-0.2, -0.15) is 0 Å². The van der Waals surface area contributed by atoms with Crippen molar-refractivity contribution in [3.63, 3.8) is 0 Å². The lowest BCUT2D eigenvalue weighted by Crippen LogP contribution is -2.32. The van der Waals surface area contributed by atoms with Crippen molar-refractivity contribution in [2.45, 2.75) is 65.3 Å². The fourth-order valence-electron chi connectivity index (χ4n) is 2.10. The molecule has 1 aromatic carbocycles. The highest BCUT2D eigenvalue weighted by atomic mass is 14.9. The molecule has 0 bridgehead atoms. The van der Waals surface area contributed by atoms with E-state index >= 15 is 0 Å². The van der Waals surface area contributed by atoms with E-state index in [9.17, 15) is 0 Å². The molecule has 0 aliphatic rings. The number of anilines is 1. The zero-order chi connectivity index (χ0) is 14.7. The van der Waals surface area contributed by atoms with Crippen LogP contribution in [0.2, 0.25) is 0 Å². The predicted octanol–water partition coefficient (Wildman–Crippen LogP) is 4.22. The molecule has 0 radical (unpaired) electrons. The molecule has 0 atom stereocenters. The van der Waals surface area contributed by atoms with E-state index in [1.807, 2.05) is 0 Å². The van der Waals surface area contributed by atoms with Crippen molar-refractivity contribution in [1.29, 1.82) is 0 Å². The van der Waals surface area contributed by atoms with Crippen LogP contribution in [0.1, 0.15) is 58.6 Å². The largest absolute Gasteiger partial charge is 0.385 e. The van der Waals surface area contributed by atoms with E-state index < -0.39 is 0 Å². The lowest BCUT2D eigenvalue weighted by Gasteiger charge is -2.21. The maximum Gasteiger partial charge on any atom is 0.0370 e. The highest BCUT2D eigenvalue weighted by Gasteiger charge is 2.14. The van der Waals surface area contributed by atoms with Crippen LogP contribution in [-0.4, -0.2) is 12.1 Å². The van der Waals surface area contributed by atoms with Crippen molar-refractivity contribution < 1.29 is 0 Å². The normalized spacial score (nSPS) is 12.6. The van der Waals surface area contributed by atoms with Gasteiger partial charge in [0.25, 0.3) is 0 Å². The van der Waals surface area contributed by atoms with Crippen LogP contribution >= 0.6 is 0 Å². The molecular weight excluding hydrogens is 232 g/mol. The summed E-state index contributed by atoms with van der Waals surface area (Å²) < 4.78 is 0. The fourth-order valence-corrected chi connectivity index (χ4v) is 2.10. The minimum Gasteiger partial charge on any atom is -0.385 e. The molecular formula is C17H30N2. The molecule has 108 valence electrons. The van der Waals surface area contributed by atoms with E-state index in [-0.39, 0.29) is 11.0 Å². The van der Waals surface area contributed by atoms with Crippen LogP contribution in [-0.2, 0) is 5.41 Å². The van der Waals surface area contributed by atoms with E-state index in [0.29, 0.717) is 0 Å². The van der Waals surface area contributed by atoms with E-state index in [1.54, 1.807) is 0 Å². The second kappa shape index (κ2) is 5.96. The molecule has 1 aromatic rings. The third-order valence-corrected chi connectivity index (χ3v) is 3.41. The van der Waals surface area contributed by atoms with E-state index in [2.05, 4.69) is 65.1 Å². The molecule has 0 aliphatic carbocycles. The van der Waals surface area contributed by atoms with Crippen molar-refractivity contribution in [1.82, 2.24) is 0 Å². The molecule has 19 heavy (non-hydrogen) atoms. The average Bonchev–Trinajstić information content (AvgIpc) is 2.23. The second-order valence-corrected chi connectivity index (χ2v) is 7.30. The lowest BCUT2D eigenvalue weighted by atomic mass is 9.86. The van der Waals surface area contributed by atoms with Crippen LogP contribution in [0.25, 0.3) is 0 Å². The minimum atomic E-state index is -0.0627. The van der Waals surface area contributed by atoms with Crippen molar-refractivity contribution >= 4 is 5.69 Å². The number of aryl methyl sites for hydroxylation is 1. The molecule has 3 N–H and O–H groups in total. The van der Waals surface area contributed by atoms with E-state index in [0.717, 1.165) is 19.4 Å². The summed E-state index contributed by atoms with van der Waals surface area (Å²) in [4.78, 5) is 0. The molecule has 0 spiro atoms. The Morgan fingerprint density at radius 3 is 2.21 bits per heavy atom. The molecule has 0 saturated heterocycles. The fraction of sp³-hybridized carbons (Fsp3) is 0.647. The van der Waals surface area contributed by atoms with Gasteiger partial charge in [0.2, 0.25) is 0 Å². The van der Waals surface area contributed by atoms with Gasteiger partial charge in [0.05, 0.1) is 0 Å². The number of hydrogen-bond acceptors (Lipinski definition) is 2. The number of nitrogens with one attached hydrogen (secondary N) is 1. The molecule has 2 heteroatoms. The van der Waals surface area contributed by atoms with Crippen LogP contribution in [0, 0.1) is 6.92 Å². The molecule has 0 heterocycles. The van der Waals surface area contributed by atoms with Gasteiger partial charge in [-0.1, -0.05) is 32.9 Å². The molecule has 0 amide bonds. The molecule has 0 unspecified atom stereocenters. The third kappa shape index (κ3) is 5.65. The van der Waals surface area contributed by atoms with Gasteiger partial charge >= 0.3 is 0 Å². The Kier molecular flexibility index (Phi) is 5.03. The van der Waals surface area contributed by atoms with Gasteiger partial charge in [-0.05, 0) is 56.2 Å². The van der Waals surface area contributed by atoms with Gasteiger partial charge in [0.1, 0.15) is 0 Å². The summed E-state index contributed by atoms with van der Waals surface area (Å²) in [7, 11) is 0. The quantitative estimate of drug-likeness (QED) is 0.780. The summed E-state index contributed by atoms with van der Waals surface area (Å²) in [5.74, 6) is 0. The molecule has 0 fully saturated rings. The smallest absolute Gasteiger partial charge is 0.0370 e. The van der Waals surface area contributed by atoms with Crippen molar-refractivity contribution in [3.05, 3.63) is 29.3 Å². The summed E-state index contributed by atoms with van der Waals surface area (Å²) in [6.45, 7) is 14.1. The Morgan fingerprint density at radius 2 is 1.74 bits per heavy atom. The molecule has 2 nitrogen and oxygen atoms in total. The maximum absolute atomic E-state index is 5.98. The van der Waals surface area contributed by atoms with Crippen LogP contribution in [0.3, 0.4) is 0 Å². The molecule has 0 saturated carbocycles. The third-order valence-electron chi connectivity index (χ3n) is 3.41. The molecule has 0 aliphatic heterocycles. The van der Waals surface area contributed by atoms with Gasteiger partial charge in [0.15, 0.2) is 0 Å². The van der Waals surface area contributed by atoms with Crippen molar-refractivity contribution in [2.24, 2.45) is 5.73 Å². The van der Waals surface area contributed by atoms with Crippen LogP contribution < -0.4 is 11.1 Å². The summed E-state index contributed by atoms with van der Waals surface area (Å²) in [6.07, 6.45) is 2.14. The first-order valence-corrected chi connectivity index (χ1v) is 7.23. The predicted molar refractivity (Wildman–Crippen MR) is 85.9 cm³/mol. The second-order valence-electron chi connectivity index (χ2n) is 7.30. The van der Waals surface area contributed by atoms with Crippen LogP contribution in [0.4, 0.5) is 5.69 Å². The Hall–Kier alpha value is -1.02. The number of benzene rings is 1. The van der Waals surface area contributed by atoms with Crippen molar-refractivity contribution in [2.75, 3.05) is 11.9 Å². The Morgan fingerprint density at radius 1 is 1.11 bits per heavy atom. The van der Waals surface area contributed by atoms with Gasteiger partial charge in [-0.3, -0.25) is 0 Å². The summed E-state index contributed by atoms with van der Waals surface area (Å²) >= 11 is 0.